The van der Waals surface area contributed by atoms with Crippen LogP contribution in [0.2, 0.25) is 0 Å². The highest BCUT2D eigenvalue weighted by Gasteiger charge is 2.09. The van der Waals surface area contributed by atoms with Gasteiger partial charge in [-0.1, -0.05) is 24.1 Å². The second-order valence-electron chi connectivity index (χ2n) is 5.38. The van der Waals surface area contributed by atoms with Crippen molar-refractivity contribution in [2.45, 2.75) is 0 Å². The second-order valence-corrected chi connectivity index (χ2v) is 5.38. The molecule has 0 fully saturated rings. The normalized spacial score (nSPS) is 10.4. The highest BCUT2D eigenvalue weighted by Crippen LogP contribution is 2.26. The third-order valence-electron chi connectivity index (χ3n) is 3.65. The summed E-state index contributed by atoms with van der Waals surface area (Å²) in [6, 6.07) is 15.5. The predicted molar refractivity (Wildman–Crippen MR) is 99.1 cm³/mol. The Hall–Kier alpha value is -3.85. The molecule has 3 N–H and O–H groups in total. The van der Waals surface area contributed by atoms with Crippen LogP contribution >= 0.6 is 0 Å². The SMILES string of the molecule is C#Cc1cccc(Nc2nc(Nc3cn[nH]c3)nc3ccccc23)c1. The van der Waals surface area contributed by atoms with Crippen molar-refractivity contribution in [3.8, 4) is 12.3 Å². The number of aromatic nitrogens is 4. The second kappa shape index (κ2) is 6.34. The molecule has 6 heteroatoms. The van der Waals surface area contributed by atoms with Gasteiger partial charge in [0.25, 0.3) is 0 Å². The molecule has 4 aromatic rings. The van der Waals surface area contributed by atoms with Gasteiger partial charge in [0, 0.05) is 22.8 Å². The van der Waals surface area contributed by atoms with Crippen LogP contribution in [0.5, 0.6) is 0 Å². The number of rotatable bonds is 4. The highest BCUT2D eigenvalue weighted by atomic mass is 15.2. The molecule has 0 atom stereocenters. The summed E-state index contributed by atoms with van der Waals surface area (Å²) in [6.07, 6.45) is 8.89. The Morgan fingerprint density at radius 3 is 2.72 bits per heavy atom. The first-order chi connectivity index (χ1) is 12.3. The number of terminal acetylenes is 1. The molecule has 25 heavy (non-hydrogen) atoms. The van der Waals surface area contributed by atoms with E-state index in [4.69, 9.17) is 6.42 Å². The molecule has 2 heterocycles. The van der Waals surface area contributed by atoms with Gasteiger partial charge in [-0.3, -0.25) is 5.10 Å². The van der Waals surface area contributed by atoms with Crippen LogP contribution in [0.1, 0.15) is 5.56 Å². The number of benzene rings is 2. The maximum Gasteiger partial charge on any atom is 0.229 e. The summed E-state index contributed by atoms with van der Waals surface area (Å²) in [5, 5.41) is 14.1. The van der Waals surface area contributed by atoms with Gasteiger partial charge in [-0.15, -0.1) is 6.42 Å². The Bertz CT molecular complexity index is 1060. The van der Waals surface area contributed by atoms with Crippen molar-refractivity contribution in [2.24, 2.45) is 0 Å². The maximum atomic E-state index is 5.48. The minimum atomic E-state index is 0.482. The largest absolute Gasteiger partial charge is 0.340 e. The lowest BCUT2D eigenvalue weighted by Gasteiger charge is -2.11. The van der Waals surface area contributed by atoms with Crippen LogP contribution in [0.15, 0.2) is 60.9 Å². The van der Waals surface area contributed by atoms with Gasteiger partial charge in [-0.2, -0.15) is 10.1 Å². The van der Waals surface area contributed by atoms with E-state index < -0.39 is 0 Å². The average Bonchev–Trinajstić information content (AvgIpc) is 3.15. The first-order valence-electron chi connectivity index (χ1n) is 7.68. The van der Waals surface area contributed by atoms with E-state index >= 15 is 0 Å². The summed E-state index contributed by atoms with van der Waals surface area (Å²) in [4.78, 5) is 9.15. The monoisotopic (exact) mass is 326 g/mol. The lowest BCUT2D eigenvalue weighted by atomic mass is 10.2. The Morgan fingerprint density at radius 1 is 0.960 bits per heavy atom. The summed E-state index contributed by atoms with van der Waals surface area (Å²) < 4.78 is 0. The van der Waals surface area contributed by atoms with Gasteiger partial charge < -0.3 is 10.6 Å². The molecular weight excluding hydrogens is 312 g/mol. The quantitative estimate of drug-likeness (QED) is 0.497. The molecule has 120 valence electrons. The van der Waals surface area contributed by atoms with Crippen molar-refractivity contribution in [1.29, 1.82) is 0 Å². The molecule has 0 aliphatic carbocycles. The van der Waals surface area contributed by atoms with Gasteiger partial charge >= 0.3 is 0 Å². The van der Waals surface area contributed by atoms with Crippen molar-refractivity contribution in [1.82, 2.24) is 20.2 Å². The van der Waals surface area contributed by atoms with E-state index in [-0.39, 0.29) is 0 Å². The Labute approximate surface area is 144 Å². The van der Waals surface area contributed by atoms with Crippen molar-refractivity contribution >= 4 is 34.0 Å². The van der Waals surface area contributed by atoms with Gasteiger partial charge in [0.15, 0.2) is 0 Å². The fraction of sp³-hybridized carbons (Fsp3) is 0. The van der Waals surface area contributed by atoms with E-state index in [1.807, 2.05) is 48.5 Å². The number of hydrogen-bond acceptors (Lipinski definition) is 5. The highest BCUT2D eigenvalue weighted by molar-refractivity contribution is 5.92. The van der Waals surface area contributed by atoms with Crippen LogP contribution in [0, 0.1) is 12.3 Å². The number of para-hydroxylation sites is 1. The Balaban J connectivity index is 1.76. The Kier molecular flexibility index (Phi) is 3.73. The summed E-state index contributed by atoms with van der Waals surface area (Å²) in [7, 11) is 0. The number of nitrogens with one attached hydrogen (secondary N) is 3. The molecule has 0 bridgehead atoms. The van der Waals surface area contributed by atoms with Gasteiger partial charge in [0.1, 0.15) is 5.82 Å². The van der Waals surface area contributed by atoms with Gasteiger partial charge in [0.05, 0.1) is 17.4 Å². The maximum absolute atomic E-state index is 5.48. The summed E-state index contributed by atoms with van der Waals surface area (Å²) in [6.45, 7) is 0. The van der Waals surface area contributed by atoms with E-state index in [1.165, 1.54) is 0 Å². The summed E-state index contributed by atoms with van der Waals surface area (Å²) in [5.41, 5.74) is 3.29. The fourth-order valence-corrected chi connectivity index (χ4v) is 2.50. The minimum absolute atomic E-state index is 0.482. The molecule has 0 saturated heterocycles. The summed E-state index contributed by atoms with van der Waals surface area (Å²) in [5.74, 6) is 3.82. The molecule has 2 aromatic carbocycles. The molecule has 0 aliphatic heterocycles. The van der Waals surface area contributed by atoms with Crippen molar-refractivity contribution in [3.63, 3.8) is 0 Å². The molecular formula is C19H14N6. The molecule has 0 aliphatic rings. The predicted octanol–water partition coefficient (Wildman–Crippen LogP) is 3.82. The zero-order chi connectivity index (χ0) is 17.1. The lowest BCUT2D eigenvalue weighted by molar-refractivity contribution is 1.09. The first kappa shape index (κ1) is 14.7. The van der Waals surface area contributed by atoms with Crippen LogP contribution < -0.4 is 10.6 Å². The van der Waals surface area contributed by atoms with E-state index in [2.05, 4.69) is 36.7 Å². The number of hydrogen-bond donors (Lipinski definition) is 3. The van der Waals surface area contributed by atoms with Crippen LogP contribution in [0.25, 0.3) is 10.9 Å². The molecule has 6 nitrogen and oxygen atoms in total. The summed E-state index contributed by atoms with van der Waals surface area (Å²) >= 11 is 0. The van der Waals surface area contributed by atoms with Gasteiger partial charge in [-0.25, -0.2) is 4.98 Å². The molecule has 0 spiro atoms. The number of fused-ring (bicyclic) bond motifs is 1. The van der Waals surface area contributed by atoms with Crippen LogP contribution in [0.4, 0.5) is 23.1 Å². The standard InChI is InChI=1S/C19H14N6/c1-2-13-6-5-7-14(10-13)22-18-16-8-3-4-9-17(16)24-19(25-18)23-15-11-20-21-12-15/h1,3-12H,(H,20,21)(H2,22,23,24,25). The van der Waals surface area contributed by atoms with Crippen molar-refractivity contribution in [2.75, 3.05) is 10.6 Å². The third kappa shape index (κ3) is 3.12. The molecule has 4 rings (SSSR count). The smallest absolute Gasteiger partial charge is 0.229 e. The fourth-order valence-electron chi connectivity index (χ4n) is 2.50. The van der Waals surface area contributed by atoms with Crippen LogP contribution in [-0.4, -0.2) is 20.2 Å². The Morgan fingerprint density at radius 2 is 1.88 bits per heavy atom. The molecule has 0 radical (unpaired) electrons. The van der Waals surface area contributed by atoms with E-state index in [1.54, 1.807) is 12.4 Å². The van der Waals surface area contributed by atoms with Crippen molar-refractivity contribution in [3.05, 3.63) is 66.5 Å². The van der Waals surface area contributed by atoms with E-state index in [9.17, 15) is 0 Å². The topological polar surface area (TPSA) is 78.5 Å². The lowest BCUT2D eigenvalue weighted by Crippen LogP contribution is -2.02. The average molecular weight is 326 g/mol. The zero-order valence-corrected chi connectivity index (χ0v) is 13.2. The van der Waals surface area contributed by atoms with E-state index in [0.717, 1.165) is 27.8 Å². The number of H-pyrrole nitrogens is 1. The zero-order valence-electron chi connectivity index (χ0n) is 13.2. The molecule has 0 saturated carbocycles. The number of aromatic amines is 1. The first-order valence-corrected chi connectivity index (χ1v) is 7.68. The van der Waals surface area contributed by atoms with E-state index in [0.29, 0.717) is 11.8 Å². The third-order valence-corrected chi connectivity index (χ3v) is 3.65. The molecule has 2 aromatic heterocycles. The van der Waals surface area contributed by atoms with Crippen LogP contribution in [-0.2, 0) is 0 Å². The number of anilines is 4. The molecule has 0 amide bonds. The van der Waals surface area contributed by atoms with Gasteiger partial charge in [-0.05, 0) is 30.3 Å². The van der Waals surface area contributed by atoms with Crippen molar-refractivity contribution < 1.29 is 0 Å². The number of nitrogens with zero attached hydrogens (tertiary/aromatic N) is 3. The molecule has 0 unspecified atom stereocenters. The van der Waals surface area contributed by atoms with Crippen LogP contribution in [0.3, 0.4) is 0 Å². The minimum Gasteiger partial charge on any atom is -0.340 e. The van der Waals surface area contributed by atoms with Gasteiger partial charge in [0.2, 0.25) is 5.95 Å².